The first-order valence-corrected chi connectivity index (χ1v) is 6.03. The van der Waals surface area contributed by atoms with Crippen LogP contribution in [0.4, 0.5) is 0 Å². The lowest BCUT2D eigenvalue weighted by molar-refractivity contribution is 0.179. The molecule has 1 heteroatoms. The van der Waals surface area contributed by atoms with Gasteiger partial charge in [0.05, 0.1) is 0 Å². The van der Waals surface area contributed by atoms with E-state index >= 15 is 0 Å². The van der Waals surface area contributed by atoms with Crippen LogP contribution in [0.15, 0.2) is 11.6 Å². The Morgan fingerprint density at radius 1 is 1.43 bits per heavy atom. The average molecular weight is 194 g/mol. The smallest absolute Gasteiger partial charge is 0.0465 e. The lowest BCUT2D eigenvalue weighted by Crippen LogP contribution is -2.14. The molecule has 2 rings (SSSR count). The minimum Gasteiger partial charge on any atom is -0.396 e. The Morgan fingerprint density at radius 3 is 2.79 bits per heavy atom. The van der Waals surface area contributed by atoms with E-state index in [1.807, 2.05) is 0 Å². The summed E-state index contributed by atoms with van der Waals surface area (Å²) in [5, 5.41) is 9.26. The van der Waals surface area contributed by atoms with E-state index in [0.29, 0.717) is 12.5 Å². The SMILES string of the molecule is CC(C)CC=C1C2CCC1C(CO)C2. The molecule has 3 unspecified atom stereocenters. The predicted molar refractivity (Wildman–Crippen MR) is 58.9 cm³/mol. The fraction of sp³-hybridized carbons (Fsp3) is 0.846. The summed E-state index contributed by atoms with van der Waals surface area (Å²) < 4.78 is 0. The molecule has 2 aliphatic rings. The lowest BCUT2D eigenvalue weighted by Gasteiger charge is -2.17. The molecule has 3 atom stereocenters. The van der Waals surface area contributed by atoms with Gasteiger partial charge in [-0.2, -0.15) is 0 Å². The highest BCUT2D eigenvalue weighted by Crippen LogP contribution is 2.52. The fourth-order valence-corrected chi connectivity index (χ4v) is 3.20. The van der Waals surface area contributed by atoms with E-state index in [1.165, 1.54) is 25.7 Å². The minimum atomic E-state index is 0.403. The fourth-order valence-electron chi connectivity index (χ4n) is 3.20. The van der Waals surface area contributed by atoms with Crippen molar-refractivity contribution in [2.75, 3.05) is 6.61 Å². The zero-order valence-corrected chi connectivity index (χ0v) is 9.37. The highest BCUT2D eigenvalue weighted by molar-refractivity contribution is 5.22. The molecule has 1 nitrogen and oxygen atoms in total. The van der Waals surface area contributed by atoms with Crippen molar-refractivity contribution in [1.82, 2.24) is 0 Å². The average Bonchev–Trinajstić information content (AvgIpc) is 2.70. The van der Waals surface area contributed by atoms with Gasteiger partial charge < -0.3 is 5.11 Å². The van der Waals surface area contributed by atoms with Crippen LogP contribution in [0.3, 0.4) is 0 Å². The second kappa shape index (κ2) is 4.06. The van der Waals surface area contributed by atoms with Crippen molar-refractivity contribution in [2.24, 2.45) is 23.7 Å². The van der Waals surface area contributed by atoms with E-state index in [9.17, 15) is 5.11 Å². The van der Waals surface area contributed by atoms with Gasteiger partial charge in [-0.05, 0) is 49.4 Å². The highest BCUT2D eigenvalue weighted by atomic mass is 16.3. The summed E-state index contributed by atoms with van der Waals surface area (Å²) in [6.07, 6.45) is 7.67. The number of hydrogen-bond acceptors (Lipinski definition) is 1. The van der Waals surface area contributed by atoms with E-state index in [0.717, 1.165) is 17.8 Å². The summed E-state index contributed by atoms with van der Waals surface area (Å²) in [5.41, 5.74) is 1.69. The van der Waals surface area contributed by atoms with Crippen molar-refractivity contribution >= 4 is 0 Å². The standard InChI is InChI=1S/C13H22O/c1-9(2)3-5-12-10-4-6-13(12)11(7-10)8-14/h5,9-11,13-14H,3-4,6-8H2,1-2H3. The van der Waals surface area contributed by atoms with Crippen LogP contribution >= 0.6 is 0 Å². The summed E-state index contributed by atoms with van der Waals surface area (Å²) in [7, 11) is 0. The maximum absolute atomic E-state index is 9.26. The van der Waals surface area contributed by atoms with Gasteiger partial charge in [-0.1, -0.05) is 25.5 Å². The summed E-state index contributed by atoms with van der Waals surface area (Å²) in [6.45, 7) is 4.95. The Balaban J connectivity index is 2.03. The molecule has 2 aliphatic carbocycles. The Hall–Kier alpha value is -0.300. The van der Waals surface area contributed by atoms with Crippen molar-refractivity contribution in [3.05, 3.63) is 11.6 Å². The number of fused-ring (bicyclic) bond motifs is 2. The Labute approximate surface area is 87.2 Å². The number of aliphatic hydroxyl groups is 1. The van der Waals surface area contributed by atoms with Gasteiger partial charge in [-0.3, -0.25) is 0 Å². The quantitative estimate of drug-likeness (QED) is 0.685. The molecule has 2 saturated carbocycles. The zero-order chi connectivity index (χ0) is 10.1. The van der Waals surface area contributed by atoms with Crippen molar-refractivity contribution in [3.63, 3.8) is 0 Å². The largest absolute Gasteiger partial charge is 0.396 e. The highest BCUT2D eigenvalue weighted by Gasteiger charge is 2.42. The van der Waals surface area contributed by atoms with Crippen LogP contribution in [0.25, 0.3) is 0 Å². The molecular formula is C13H22O. The van der Waals surface area contributed by atoms with Crippen molar-refractivity contribution in [2.45, 2.75) is 39.5 Å². The second-order valence-corrected chi connectivity index (χ2v) is 5.39. The van der Waals surface area contributed by atoms with E-state index in [2.05, 4.69) is 19.9 Å². The van der Waals surface area contributed by atoms with E-state index in [1.54, 1.807) is 5.57 Å². The van der Waals surface area contributed by atoms with Crippen LogP contribution in [0.5, 0.6) is 0 Å². The Bertz CT molecular complexity index is 229. The first kappa shape index (κ1) is 10.2. The molecule has 0 saturated heterocycles. The molecule has 0 radical (unpaired) electrons. The molecule has 0 aromatic carbocycles. The predicted octanol–water partition coefficient (Wildman–Crippen LogP) is 3.00. The topological polar surface area (TPSA) is 20.2 Å². The molecule has 1 N–H and O–H groups in total. The Morgan fingerprint density at radius 2 is 2.21 bits per heavy atom. The van der Waals surface area contributed by atoms with Crippen molar-refractivity contribution in [3.8, 4) is 0 Å². The van der Waals surface area contributed by atoms with Gasteiger partial charge >= 0.3 is 0 Å². The molecule has 0 aliphatic heterocycles. The van der Waals surface area contributed by atoms with Crippen LogP contribution in [0.2, 0.25) is 0 Å². The molecular weight excluding hydrogens is 172 g/mol. The molecule has 0 aromatic heterocycles. The lowest BCUT2D eigenvalue weighted by atomic mass is 9.89. The van der Waals surface area contributed by atoms with Crippen LogP contribution in [0, 0.1) is 23.7 Å². The molecule has 0 heterocycles. The zero-order valence-electron chi connectivity index (χ0n) is 9.37. The summed E-state index contributed by atoms with van der Waals surface area (Å²) in [6, 6.07) is 0. The van der Waals surface area contributed by atoms with E-state index in [4.69, 9.17) is 0 Å². The third kappa shape index (κ3) is 1.75. The molecule has 0 spiro atoms. The molecule has 0 aromatic rings. The van der Waals surface area contributed by atoms with Crippen LogP contribution < -0.4 is 0 Å². The number of rotatable bonds is 3. The van der Waals surface area contributed by atoms with Crippen molar-refractivity contribution in [1.29, 1.82) is 0 Å². The molecule has 2 bridgehead atoms. The monoisotopic (exact) mass is 194 g/mol. The summed E-state index contributed by atoms with van der Waals surface area (Å²) in [5.74, 6) is 2.93. The van der Waals surface area contributed by atoms with Crippen molar-refractivity contribution < 1.29 is 5.11 Å². The maximum Gasteiger partial charge on any atom is 0.0465 e. The Kier molecular flexibility index (Phi) is 2.96. The van der Waals surface area contributed by atoms with Gasteiger partial charge in [-0.25, -0.2) is 0 Å². The van der Waals surface area contributed by atoms with Gasteiger partial charge in [0.15, 0.2) is 0 Å². The first-order valence-electron chi connectivity index (χ1n) is 6.03. The number of allylic oxidation sites excluding steroid dienone is 2. The van der Waals surface area contributed by atoms with Gasteiger partial charge in [0.25, 0.3) is 0 Å². The molecule has 80 valence electrons. The third-order valence-electron chi connectivity index (χ3n) is 3.94. The summed E-state index contributed by atoms with van der Waals surface area (Å²) >= 11 is 0. The van der Waals surface area contributed by atoms with E-state index in [-0.39, 0.29) is 0 Å². The van der Waals surface area contributed by atoms with Gasteiger partial charge in [0.1, 0.15) is 0 Å². The van der Waals surface area contributed by atoms with Gasteiger partial charge in [-0.15, -0.1) is 0 Å². The summed E-state index contributed by atoms with van der Waals surface area (Å²) in [4.78, 5) is 0. The van der Waals surface area contributed by atoms with Crippen LogP contribution in [-0.2, 0) is 0 Å². The molecule has 2 fully saturated rings. The molecule has 0 amide bonds. The van der Waals surface area contributed by atoms with Crippen LogP contribution in [0.1, 0.15) is 39.5 Å². The second-order valence-electron chi connectivity index (χ2n) is 5.39. The van der Waals surface area contributed by atoms with Crippen LogP contribution in [-0.4, -0.2) is 11.7 Å². The number of aliphatic hydroxyl groups excluding tert-OH is 1. The van der Waals surface area contributed by atoms with Gasteiger partial charge in [0.2, 0.25) is 0 Å². The first-order chi connectivity index (χ1) is 6.72. The molecule has 14 heavy (non-hydrogen) atoms. The minimum absolute atomic E-state index is 0.403. The normalized spacial score (nSPS) is 38.9. The number of hydrogen-bond donors (Lipinski definition) is 1. The van der Waals surface area contributed by atoms with E-state index < -0.39 is 0 Å². The van der Waals surface area contributed by atoms with Gasteiger partial charge in [0, 0.05) is 6.61 Å². The maximum atomic E-state index is 9.26. The third-order valence-corrected chi connectivity index (χ3v) is 3.94.